The summed E-state index contributed by atoms with van der Waals surface area (Å²) in [5, 5.41) is 4.67. The van der Waals surface area contributed by atoms with Gasteiger partial charge in [-0.15, -0.1) is 11.3 Å². The zero-order valence-corrected chi connectivity index (χ0v) is 17.3. The number of benzene rings is 1. The molecular formula is C20H22N2O3S2. The van der Waals surface area contributed by atoms with E-state index in [0.717, 1.165) is 5.69 Å². The molecule has 27 heavy (non-hydrogen) atoms. The Labute approximate surface area is 163 Å². The van der Waals surface area contributed by atoms with Gasteiger partial charge in [0.1, 0.15) is 10.7 Å². The second-order valence-corrected chi connectivity index (χ2v) is 9.43. The minimum Gasteiger partial charge on any atom is -0.328 e. The maximum absolute atomic E-state index is 13.4. The van der Waals surface area contributed by atoms with Crippen LogP contribution in [-0.4, -0.2) is 18.9 Å². The highest BCUT2D eigenvalue weighted by Crippen LogP contribution is 2.37. The van der Waals surface area contributed by atoms with Gasteiger partial charge in [0.05, 0.1) is 9.77 Å². The highest BCUT2D eigenvalue weighted by atomic mass is 32.2. The van der Waals surface area contributed by atoms with Gasteiger partial charge in [0.25, 0.3) is 5.91 Å². The minimum atomic E-state index is -3.78. The second-order valence-electron chi connectivity index (χ2n) is 6.60. The number of aromatic nitrogens is 1. The van der Waals surface area contributed by atoms with Gasteiger partial charge in [-0.3, -0.25) is 4.79 Å². The first-order valence-electron chi connectivity index (χ1n) is 8.61. The lowest BCUT2D eigenvalue weighted by Gasteiger charge is -2.17. The third-order valence-corrected chi connectivity index (χ3v) is 7.31. The van der Waals surface area contributed by atoms with Crippen molar-refractivity contribution in [1.82, 2.24) is 4.57 Å². The van der Waals surface area contributed by atoms with Crippen LogP contribution in [0.15, 0.2) is 57.6 Å². The summed E-state index contributed by atoms with van der Waals surface area (Å²) in [6.07, 6.45) is 0. The van der Waals surface area contributed by atoms with Crippen LogP contribution in [0.4, 0.5) is 5.82 Å². The molecule has 3 rings (SSSR count). The molecule has 0 aliphatic heterocycles. The maximum Gasteiger partial charge on any atom is 0.266 e. The first kappa shape index (κ1) is 19.4. The van der Waals surface area contributed by atoms with Crippen molar-refractivity contribution in [3.63, 3.8) is 0 Å². The van der Waals surface area contributed by atoms with Crippen LogP contribution < -0.4 is 5.32 Å². The second kappa shape index (κ2) is 7.32. The summed E-state index contributed by atoms with van der Waals surface area (Å²) >= 11 is 1.31. The number of nitrogens with zero attached hydrogens (tertiary/aromatic N) is 1. The van der Waals surface area contributed by atoms with Crippen LogP contribution in [0.25, 0.3) is 0 Å². The Hall–Kier alpha value is -2.38. The highest BCUT2D eigenvalue weighted by Gasteiger charge is 2.31. The number of sulfone groups is 1. The van der Waals surface area contributed by atoms with E-state index in [-0.39, 0.29) is 21.7 Å². The van der Waals surface area contributed by atoms with Gasteiger partial charge in [0, 0.05) is 11.7 Å². The maximum atomic E-state index is 13.4. The van der Waals surface area contributed by atoms with Crippen molar-refractivity contribution >= 4 is 32.9 Å². The molecule has 0 unspecified atom stereocenters. The number of anilines is 1. The molecule has 0 radical (unpaired) electrons. The highest BCUT2D eigenvalue weighted by molar-refractivity contribution is 7.91. The summed E-state index contributed by atoms with van der Waals surface area (Å²) in [6, 6.07) is 11.8. The summed E-state index contributed by atoms with van der Waals surface area (Å²) in [5.74, 6) is 0.0103. The Bertz CT molecular complexity index is 1060. The first-order valence-corrected chi connectivity index (χ1v) is 11.0. The lowest BCUT2D eigenvalue weighted by atomic mass is 10.3. The van der Waals surface area contributed by atoms with Gasteiger partial charge in [0.2, 0.25) is 9.84 Å². The molecule has 1 N–H and O–H groups in total. The van der Waals surface area contributed by atoms with Crippen LogP contribution in [0.1, 0.15) is 40.8 Å². The van der Waals surface area contributed by atoms with Crippen molar-refractivity contribution < 1.29 is 13.2 Å². The predicted molar refractivity (Wildman–Crippen MR) is 108 cm³/mol. The molecule has 0 atom stereocenters. The van der Waals surface area contributed by atoms with E-state index in [1.54, 1.807) is 49.4 Å². The zero-order valence-electron chi connectivity index (χ0n) is 15.7. The van der Waals surface area contributed by atoms with E-state index < -0.39 is 9.84 Å². The number of rotatable bonds is 5. The fraction of sp³-hybridized carbons (Fsp3) is 0.250. The number of carbonyl (C=O) groups excluding carboxylic acids is 1. The van der Waals surface area contributed by atoms with E-state index in [2.05, 4.69) is 5.32 Å². The van der Waals surface area contributed by atoms with E-state index >= 15 is 0 Å². The fourth-order valence-electron chi connectivity index (χ4n) is 3.19. The number of hydrogen-bond acceptors (Lipinski definition) is 4. The third-order valence-electron chi connectivity index (χ3n) is 4.52. The number of nitrogens with one attached hydrogen (secondary N) is 1. The molecule has 0 aliphatic rings. The van der Waals surface area contributed by atoms with E-state index in [1.165, 1.54) is 11.3 Å². The summed E-state index contributed by atoms with van der Waals surface area (Å²) in [7, 11) is -3.78. The summed E-state index contributed by atoms with van der Waals surface area (Å²) < 4.78 is 28.6. The van der Waals surface area contributed by atoms with Crippen molar-refractivity contribution in [2.75, 3.05) is 5.32 Å². The first-order chi connectivity index (χ1) is 12.7. The average Bonchev–Trinajstić information content (AvgIpc) is 3.24. The molecule has 0 saturated heterocycles. The van der Waals surface area contributed by atoms with Crippen molar-refractivity contribution in [3.05, 3.63) is 64.0 Å². The molecule has 1 aromatic carbocycles. The summed E-state index contributed by atoms with van der Waals surface area (Å²) in [6.45, 7) is 7.59. The standard InChI is InChI=1S/C20H22N2O3S2/c1-13(2)22-15(4)14(3)18(27(24,25)16-9-6-5-7-10-16)19(22)21-20(23)17-11-8-12-26-17/h5-13H,1-4H3,(H,21,23). The van der Waals surface area contributed by atoms with Gasteiger partial charge >= 0.3 is 0 Å². The molecule has 0 saturated carbocycles. The Kier molecular flexibility index (Phi) is 5.26. The van der Waals surface area contributed by atoms with Crippen LogP contribution >= 0.6 is 11.3 Å². The lowest BCUT2D eigenvalue weighted by molar-refractivity contribution is 0.102. The van der Waals surface area contributed by atoms with E-state index in [0.29, 0.717) is 16.3 Å². The number of hydrogen-bond donors (Lipinski definition) is 1. The number of thiophene rings is 1. The minimum absolute atomic E-state index is 0.0120. The van der Waals surface area contributed by atoms with E-state index in [4.69, 9.17) is 0 Å². The molecule has 0 aliphatic carbocycles. The van der Waals surface area contributed by atoms with E-state index in [1.807, 2.05) is 30.7 Å². The average molecular weight is 403 g/mol. The van der Waals surface area contributed by atoms with Crippen LogP contribution in [0.3, 0.4) is 0 Å². The number of carbonyl (C=O) groups is 1. The van der Waals surface area contributed by atoms with Gasteiger partial charge in [-0.1, -0.05) is 24.3 Å². The fourth-order valence-corrected chi connectivity index (χ4v) is 5.51. The third kappa shape index (κ3) is 3.44. The molecule has 0 bridgehead atoms. The molecule has 3 aromatic rings. The van der Waals surface area contributed by atoms with Crippen molar-refractivity contribution in [3.8, 4) is 0 Å². The van der Waals surface area contributed by atoms with Gasteiger partial charge in [-0.05, 0) is 56.8 Å². The van der Waals surface area contributed by atoms with Crippen LogP contribution in [0.2, 0.25) is 0 Å². The van der Waals surface area contributed by atoms with E-state index in [9.17, 15) is 13.2 Å². The van der Waals surface area contributed by atoms with Crippen LogP contribution in [0.5, 0.6) is 0 Å². The molecule has 0 fully saturated rings. The Morgan fingerprint density at radius 2 is 1.74 bits per heavy atom. The smallest absolute Gasteiger partial charge is 0.266 e. The molecule has 2 heterocycles. The van der Waals surface area contributed by atoms with Crippen LogP contribution in [-0.2, 0) is 9.84 Å². The van der Waals surface area contributed by atoms with Crippen molar-refractivity contribution in [2.24, 2.45) is 0 Å². The normalized spacial score (nSPS) is 11.7. The Morgan fingerprint density at radius 3 is 2.30 bits per heavy atom. The molecule has 7 heteroatoms. The predicted octanol–water partition coefficient (Wildman–Crippen LogP) is 4.83. The largest absolute Gasteiger partial charge is 0.328 e. The SMILES string of the molecule is Cc1c(S(=O)(=O)c2ccccc2)c(NC(=O)c2cccs2)n(C(C)C)c1C. The summed E-state index contributed by atoms with van der Waals surface area (Å²) in [4.78, 5) is 13.6. The lowest BCUT2D eigenvalue weighted by Crippen LogP contribution is -2.18. The van der Waals surface area contributed by atoms with Gasteiger partial charge in [-0.2, -0.15) is 0 Å². The molecule has 1 amide bonds. The molecule has 5 nitrogen and oxygen atoms in total. The topological polar surface area (TPSA) is 68.2 Å². The van der Waals surface area contributed by atoms with Crippen molar-refractivity contribution in [2.45, 2.75) is 43.5 Å². The summed E-state index contributed by atoms with van der Waals surface area (Å²) in [5.41, 5.74) is 1.47. The number of amides is 1. The Balaban J connectivity index is 2.22. The monoisotopic (exact) mass is 402 g/mol. The van der Waals surface area contributed by atoms with Gasteiger partial charge in [0.15, 0.2) is 0 Å². The zero-order chi connectivity index (χ0) is 19.8. The van der Waals surface area contributed by atoms with Gasteiger partial charge in [-0.25, -0.2) is 8.42 Å². The molecular weight excluding hydrogens is 380 g/mol. The van der Waals surface area contributed by atoms with Gasteiger partial charge < -0.3 is 9.88 Å². The van der Waals surface area contributed by atoms with Crippen molar-refractivity contribution in [1.29, 1.82) is 0 Å². The quantitative estimate of drug-likeness (QED) is 0.664. The van der Waals surface area contributed by atoms with Crippen LogP contribution in [0, 0.1) is 13.8 Å². The molecule has 0 spiro atoms. The molecule has 2 aromatic heterocycles. The Morgan fingerprint density at radius 1 is 1.07 bits per heavy atom. The molecule has 142 valence electrons.